The fraction of sp³-hybridized carbons (Fsp3) is 0.543. The van der Waals surface area contributed by atoms with Crippen LogP contribution in [0.5, 0.6) is 0 Å². The molecule has 0 nitrogen and oxygen atoms in total. The molecule has 0 heterocycles. The van der Waals surface area contributed by atoms with Crippen LogP contribution >= 0.6 is 0 Å². The second-order valence-corrected chi connectivity index (χ2v) is 14.1. The summed E-state index contributed by atoms with van der Waals surface area (Å²) in [4.78, 5) is 0. The number of hydrogen-bond donors (Lipinski definition) is 0. The second kappa shape index (κ2) is 8.50. The zero-order valence-electron chi connectivity index (χ0n) is 24.3. The van der Waals surface area contributed by atoms with Gasteiger partial charge in [-0.1, -0.05) is 130 Å². The standard InChI is InChI=1S/C35H48/c1-12-35(11,13-2)26-15-14-25(20-26)34(9,10)31-27-18-16-23(32(3,4)5)21-29(27)30-22-24(33(6,7)8)17-19-28(30)31/h15-22,31H,12-14H2,1-11H3. The van der Waals surface area contributed by atoms with Crippen molar-refractivity contribution in [2.45, 2.75) is 112 Å². The van der Waals surface area contributed by atoms with E-state index in [1.165, 1.54) is 46.2 Å². The normalized spacial score (nSPS) is 16.8. The third-order valence-electron chi connectivity index (χ3n) is 9.43. The molecule has 0 aliphatic heterocycles. The highest BCUT2D eigenvalue weighted by atomic mass is 14.5. The third kappa shape index (κ3) is 4.36. The number of allylic oxidation sites excluding steroid dienone is 4. The largest absolute Gasteiger partial charge is 0.0767 e. The molecular formula is C35H48. The number of benzene rings is 2. The molecule has 0 heteroatoms. The Labute approximate surface area is 215 Å². The lowest BCUT2D eigenvalue weighted by atomic mass is 9.68. The van der Waals surface area contributed by atoms with E-state index >= 15 is 0 Å². The zero-order valence-corrected chi connectivity index (χ0v) is 24.3. The zero-order chi connectivity index (χ0) is 26.0. The van der Waals surface area contributed by atoms with Gasteiger partial charge in [-0.25, -0.2) is 0 Å². The Hall–Kier alpha value is -2.08. The molecule has 0 aromatic heterocycles. The van der Waals surface area contributed by atoms with E-state index in [0.29, 0.717) is 5.92 Å². The van der Waals surface area contributed by atoms with Crippen LogP contribution < -0.4 is 0 Å². The Morgan fingerprint density at radius 2 is 1.14 bits per heavy atom. The summed E-state index contributed by atoms with van der Waals surface area (Å²) in [5, 5.41) is 0. The van der Waals surface area contributed by atoms with Crippen LogP contribution in [-0.2, 0) is 10.8 Å². The molecule has 35 heavy (non-hydrogen) atoms. The predicted molar refractivity (Wildman–Crippen MR) is 154 cm³/mol. The van der Waals surface area contributed by atoms with Crippen molar-refractivity contribution in [3.8, 4) is 11.1 Å². The molecule has 0 atom stereocenters. The van der Waals surface area contributed by atoms with Gasteiger partial charge in [-0.05, 0) is 79.9 Å². The molecule has 0 unspecified atom stereocenters. The van der Waals surface area contributed by atoms with Gasteiger partial charge in [-0.15, -0.1) is 0 Å². The van der Waals surface area contributed by atoms with E-state index in [0.717, 1.165) is 6.42 Å². The summed E-state index contributed by atoms with van der Waals surface area (Å²) in [5.41, 5.74) is 12.5. The number of fused-ring (bicyclic) bond motifs is 3. The molecule has 2 aliphatic carbocycles. The summed E-state index contributed by atoms with van der Waals surface area (Å²) in [5.74, 6) is 0.379. The lowest BCUT2D eigenvalue weighted by molar-refractivity contribution is 0.374. The monoisotopic (exact) mass is 468 g/mol. The van der Waals surface area contributed by atoms with E-state index in [1.54, 1.807) is 11.1 Å². The predicted octanol–water partition coefficient (Wildman–Crippen LogP) is 10.5. The van der Waals surface area contributed by atoms with E-state index in [2.05, 4.69) is 125 Å². The molecule has 0 amide bonds. The van der Waals surface area contributed by atoms with Gasteiger partial charge < -0.3 is 0 Å². The number of hydrogen-bond acceptors (Lipinski definition) is 0. The fourth-order valence-corrected chi connectivity index (χ4v) is 6.20. The van der Waals surface area contributed by atoms with Crippen LogP contribution in [-0.4, -0.2) is 0 Å². The van der Waals surface area contributed by atoms with Crippen molar-refractivity contribution in [2.24, 2.45) is 10.8 Å². The highest BCUT2D eigenvalue weighted by Gasteiger charge is 2.43. The maximum Gasteiger partial charge on any atom is 0.0190 e. The smallest absolute Gasteiger partial charge is 0.0190 e. The maximum absolute atomic E-state index is 2.57. The van der Waals surface area contributed by atoms with Gasteiger partial charge in [0.1, 0.15) is 0 Å². The summed E-state index contributed by atoms with van der Waals surface area (Å²) in [6, 6.07) is 14.7. The van der Waals surface area contributed by atoms with E-state index in [4.69, 9.17) is 0 Å². The SMILES string of the molecule is CCC(C)(CC)C1=CCC(C(C)(C)C2c3ccc(C(C)(C)C)cc3-c3cc(C(C)(C)C)ccc32)=C1. The van der Waals surface area contributed by atoms with Crippen LogP contribution in [0.2, 0.25) is 0 Å². The molecule has 2 aromatic rings. The Morgan fingerprint density at radius 3 is 1.54 bits per heavy atom. The van der Waals surface area contributed by atoms with Crippen molar-refractivity contribution in [2.75, 3.05) is 0 Å². The molecule has 0 N–H and O–H groups in total. The van der Waals surface area contributed by atoms with Crippen molar-refractivity contribution >= 4 is 0 Å². The van der Waals surface area contributed by atoms with Gasteiger partial charge in [-0.2, -0.15) is 0 Å². The van der Waals surface area contributed by atoms with E-state index in [1.807, 2.05) is 0 Å². The van der Waals surface area contributed by atoms with E-state index < -0.39 is 0 Å². The summed E-state index contributed by atoms with van der Waals surface area (Å²) in [7, 11) is 0. The first-order valence-corrected chi connectivity index (χ1v) is 13.8. The third-order valence-corrected chi connectivity index (χ3v) is 9.43. The lowest BCUT2D eigenvalue weighted by Crippen LogP contribution is -2.24. The minimum absolute atomic E-state index is 0.0488. The average molecular weight is 469 g/mol. The Morgan fingerprint density at radius 1 is 0.686 bits per heavy atom. The van der Waals surface area contributed by atoms with Crippen LogP contribution in [0.4, 0.5) is 0 Å². The Bertz CT molecular complexity index is 1120. The van der Waals surface area contributed by atoms with Gasteiger partial charge in [-0.3, -0.25) is 0 Å². The van der Waals surface area contributed by atoms with Gasteiger partial charge in [0.2, 0.25) is 0 Å². The molecule has 0 fully saturated rings. The Balaban J connectivity index is 1.87. The second-order valence-electron chi connectivity index (χ2n) is 14.1. The maximum atomic E-state index is 2.57. The summed E-state index contributed by atoms with van der Waals surface area (Å²) in [6.45, 7) is 26.0. The fourth-order valence-electron chi connectivity index (χ4n) is 6.20. The van der Waals surface area contributed by atoms with Gasteiger partial charge in [0, 0.05) is 5.92 Å². The van der Waals surface area contributed by atoms with E-state index in [-0.39, 0.29) is 21.7 Å². The molecule has 4 rings (SSSR count). The molecule has 0 bridgehead atoms. The van der Waals surface area contributed by atoms with Crippen LogP contribution in [0.1, 0.15) is 124 Å². The van der Waals surface area contributed by atoms with Crippen molar-refractivity contribution in [3.05, 3.63) is 82.0 Å². The van der Waals surface area contributed by atoms with Crippen molar-refractivity contribution in [3.63, 3.8) is 0 Å². The van der Waals surface area contributed by atoms with Crippen molar-refractivity contribution in [1.82, 2.24) is 0 Å². The molecule has 188 valence electrons. The van der Waals surface area contributed by atoms with Crippen LogP contribution in [0, 0.1) is 10.8 Å². The minimum Gasteiger partial charge on any atom is -0.0767 e. The van der Waals surface area contributed by atoms with Crippen LogP contribution in [0.25, 0.3) is 11.1 Å². The first-order valence-electron chi connectivity index (χ1n) is 13.8. The van der Waals surface area contributed by atoms with Gasteiger partial charge >= 0.3 is 0 Å². The Kier molecular flexibility index (Phi) is 6.31. The topological polar surface area (TPSA) is 0 Å². The average Bonchev–Trinajstić information content (AvgIpc) is 3.41. The highest BCUT2D eigenvalue weighted by Crippen LogP contribution is 2.58. The molecule has 2 aliphatic rings. The molecule has 0 radical (unpaired) electrons. The van der Waals surface area contributed by atoms with Crippen molar-refractivity contribution in [1.29, 1.82) is 0 Å². The number of rotatable bonds is 5. The quantitative estimate of drug-likeness (QED) is 0.409. The van der Waals surface area contributed by atoms with Crippen LogP contribution in [0.3, 0.4) is 0 Å². The van der Waals surface area contributed by atoms with Gasteiger partial charge in [0.25, 0.3) is 0 Å². The highest BCUT2D eigenvalue weighted by molar-refractivity contribution is 5.81. The van der Waals surface area contributed by atoms with Gasteiger partial charge in [0.15, 0.2) is 0 Å². The summed E-state index contributed by atoms with van der Waals surface area (Å²) < 4.78 is 0. The van der Waals surface area contributed by atoms with Crippen molar-refractivity contribution < 1.29 is 0 Å². The summed E-state index contributed by atoms with van der Waals surface area (Å²) in [6.07, 6.45) is 8.56. The van der Waals surface area contributed by atoms with Gasteiger partial charge in [0.05, 0.1) is 0 Å². The van der Waals surface area contributed by atoms with Crippen LogP contribution in [0.15, 0.2) is 59.7 Å². The molecule has 0 spiro atoms. The minimum atomic E-state index is 0.0488. The first-order chi connectivity index (χ1) is 16.1. The molecule has 0 saturated heterocycles. The van der Waals surface area contributed by atoms with E-state index in [9.17, 15) is 0 Å². The molecular weight excluding hydrogens is 420 g/mol. The molecule has 2 aromatic carbocycles. The summed E-state index contributed by atoms with van der Waals surface area (Å²) >= 11 is 0. The molecule has 0 saturated carbocycles. The lowest BCUT2D eigenvalue weighted by Gasteiger charge is -2.36. The first kappa shape index (κ1) is 26.0.